The Kier molecular flexibility index (Phi) is 10.7. The molecule has 3 aromatic carbocycles. The highest BCUT2D eigenvalue weighted by atomic mass is 35.5. The van der Waals surface area contributed by atoms with Crippen molar-refractivity contribution < 1.29 is 14.3 Å². The van der Waals surface area contributed by atoms with E-state index < -0.39 is 0 Å². The molecule has 3 aromatic rings. The Hall–Kier alpha value is -2.80. The Bertz CT molecular complexity index is 1260. The van der Waals surface area contributed by atoms with Crippen molar-refractivity contribution in [3.05, 3.63) is 99.4 Å². The fourth-order valence-electron chi connectivity index (χ4n) is 4.13. The summed E-state index contributed by atoms with van der Waals surface area (Å²) >= 11 is 13.1. The molecule has 4 nitrogen and oxygen atoms in total. The average molecular weight is 566 g/mol. The maximum atomic E-state index is 13.1. The molecule has 0 bridgehead atoms. The van der Waals surface area contributed by atoms with Gasteiger partial charge in [0.05, 0.1) is 11.4 Å². The lowest BCUT2D eigenvalue weighted by Gasteiger charge is -2.14. The summed E-state index contributed by atoms with van der Waals surface area (Å²) in [4.78, 5) is 15.3. The van der Waals surface area contributed by atoms with E-state index in [-0.39, 0.29) is 5.91 Å². The topological polar surface area (TPSA) is 38.8 Å². The van der Waals surface area contributed by atoms with Gasteiger partial charge in [0.1, 0.15) is 29.0 Å². The number of unbranched alkanes of at least 4 members (excludes halogenated alkanes) is 3. The first kappa shape index (κ1) is 28.2. The summed E-state index contributed by atoms with van der Waals surface area (Å²) in [7, 11) is 0. The molecule has 0 atom stereocenters. The molecule has 0 radical (unpaired) electrons. The van der Waals surface area contributed by atoms with Gasteiger partial charge in [-0.05, 0) is 60.4 Å². The van der Waals surface area contributed by atoms with Crippen molar-refractivity contribution in [2.24, 2.45) is 0 Å². The van der Waals surface area contributed by atoms with Crippen LogP contribution in [0.15, 0.2) is 77.7 Å². The van der Waals surface area contributed by atoms with Gasteiger partial charge in [0, 0.05) is 10.6 Å². The van der Waals surface area contributed by atoms with Crippen LogP contribution in [0.2, 0.25) is 5.02 Å². The van der Waals surface area contributed by atoms with Gasteiger partial charge in [0.25, 0.3) is 5.91 Å². The Labute approximate surface area is 240 Å². The van der Waals surface area contributed by atoms with Gasteiger partial charge in [-0.15, -0.1) is 0 Å². The third-order valence-corrected chi connectivity index (χ3v) is 7.78. The number of thioether (sulfide) groups is 1. The molecule has 4 rings (SSSR count). The zero-order chi connectivity index (χ0) is 26.7. The fourth-order valence-corrected chi connectivity index (χ4v) is 5.55. The lowest BCUT2D eigenvalue weighted by molar-refractivity contribution is -0.122. The van der Waals surface area contributed by atoms with Crippen LogP contribution in [0.25, 0.3) is 6.08 Å². The number of halogens is 1. The van der Waals surface area contributed by atoms with E-state index in [1.165, 1.54) is 43.0 Å². The maximum absolute atomic E-state index is 13.1. The molecule has 1 aliphatic heterocycles. The van der Waals surface area contributed by atoms with E-state index in [0.29, 0.717) is 39.8 Å². The molecule has 7 heteroatoms. The first-order chi connectivity index (χ1) is 18.5. The number of benzene rings is 3. The molecule has 0 unspecified atom stereocenters. The average Bonchev–Trinajstić information content (AvgIpc) is 3.18. The van der Waals surface area contributed by atoms with E-state index in [0.717, 1.165) is 23.3 Å². The summed E-state index contributed by atoms with van der Waals surface area (Å²) in [5, 5.41) is 0.564. The summed E-state index contributed by atoms with van der Waals surface area (Å²) in [5.74, 6) is 1.34. The second-order valence-electron chi connectivity index (χ2n) is 9.09. The molecule has 1 fully saturated rings. The van der Waals surface area contributed by atoms with Crippen LogP contribution in [0.4, 0.5) is 0 Å². The Morgan fingerprint density at radius 1 is 0.921 bits per heavy atom. The van der Waals surface area contributed by atoms with Crippen molar-refractivity contribution in [1.29, 1.82) is 0 Å². The van der Waals surface area contributed by atoms with Crippen LogP contribution < -0.4 is 9.47 Å². The van der Waals surface area contributed by atoms with E-state index in [1.54, 1.807) is 23.1 Å². The zero-order valence-electron chi connectivity index (χ0n) is 21.5. The third kappa shape index (κ3) is 8.10. The molecular formula is C31H32ClNO3S2. The van der Waals surface area contributed by atoms with E-state index in [1.807, 2.05) is 48.5 Å². The molecule has 0 aliphatic carbocycles. The molecule has 0 N–H and O–H groups in total. The molecule has 1 heterocycles. The Balaban J connectivity index is 1.33. The predicted molar refractivity (Wildman–Crippen MR) is 162 cm³/mol. The van der Waals surface area contributed by atoms with Gasteiger partial charge in [0.2, 0.25) is 0 Å². The van der Waals surface area contributed by atoms with Crippen molar-refractivity contribution in [3.63, 3.8) is 0 Å². The first-order valence-electron chi connectivity index (χ1n) is 13.0. The second kappa shape index (κ2) is 14.4. The lowest BCUT2D eigenvalue weighted by Crippen LogP contribution is -2.27. The number of carbonyl (C=O) groups is 1. The number of carbonyl (C=O) groups excluding carboxylic acids is 1. The van der Waals surface area contributed by atoms with E-state index >= 15 is 0 Å². The first-order valence-corrected chi connectivity index (χ1v) is 14.6. The van der Waals surface area contributed by atoms with Crippen molar-refractivity contribution in [2.45, 2.75) is 45.6 Å². The highest BCUT2D eigenvalue weighted by Gasteiger charge is 2.32. The number of hydrogen-bond acceptors (Lipinski definition) is 5. The summed E-state index contributed by atoms with van der Waals surface area (Å²) in [5.41, 5.74) is 3.09. The normalized spacial score (nSPS) is 14.4. The molecule has 38 heavy (non-hydrogen) atoms. The number of aryl methyl sites for hydroxylation is 1. The molecule has 198 valence electrons. The Morgan fingerprint density at radius 3 is 2.45 bits per heavy atom. The summed E-state index contributed by atoms with van der Waals surface area (Å²) in [6.07, 6.45) is 7.95. The van der Waals surface area contributed by atoms with E-state index in [2.05, 4.69) is 19.1 Å². The number of rotatable bonds is 13. The molecule has 0 spiro atoms. The minimum absolute atomic E-state index is 0.119. The van der Waals surface area contributed by atoms with Crippen LogP contribution in [-0.4, -0.2) is 28.3 Å². The van der Waals surface area contributed by atoms with Gasteiger partial charge in [-0.2, -0.15) is 0 Å². The van der Waals surface area contributed by atoms with Crippen LogP contribution in [0.3, 0.4) is 0 Å². The SMILES string of the molecule is CCCCCCc1ccc(OCCOc2ccc(Cl)cc2C=C2SC(=S)N(Cc3ccccc3)C2=O)cc1. The summed E-state index contributed by atoms with van der Waals surface area (Å²) in [6, 6.07) is 23.5. The van der Waals surface area contributed by atoms with Crippen molar-refractivity contribution in [2.75, 3.05) is 13.2 Å². The Morgan fingerprint density at radius 2 is 1.68 bits per heavy atom. The predicted octanol–water partition coefficient (Wildman–Crippen LogP) is 8.32. The van der Waals surface area contributed by atoms with Crippen LogP contribution in [0.5, 0.6) is 11.5 Å². The number of nitrogens with zero attached hydrogens (tertiary/aromatic N) is 1. The largest absolute Gasteiger partial charge is 0.490 e. The number of amides is 1. The molecule has 0 aromatic heterocycles. The molecule has 1 aliphatic rings. The van der Waals surface area contributed by atoms with Gasteiger partial charge in [-0.1, -0.05) is 104 Å². The van der Waals surface area contributed by atoms with Crippen LogP contribution >= 0.6 is 35.6 Å². The van der Waals surface area contributed by atoms with Gasteiger partial charge in [0.15, 0.2) is 0 Å². The van der Waals surface area contributed by atoms with E-state index in [4.69, 9.17) is 33.3 Å². The van der Waals surface area contributed by atoms with Crippen LogP contribution in [-0.2, 0) is 17.8 Å². The maximum Gasteiger partial charge on any atom is 0.266 e. The second-order valence-corrected chi connectivity index (χ2v) is 11.2. The minimum Gasteiger partial charge on any atom is -0.490 e. The van der Waals surface area contributed by atoms with Crippen LogP contribution in [0, 0.1) is 0 Å². The summed E-state index contributed by atoms with van der Waals surface area (Å²) < 4.78 is 12.4. The monoisotopic (exact) mass is 565 g/mol. The molecule has 1 saturated heterocycles. The zero-order valence-corrected chi connectivity index (χ0v) is 23.9. The van der Waals surface area contributed by atoms with Crippen LogP contribution in [0.1, 0.15) is 49.3 Å². The highest BCUT2D eigenvalue weighted by molar-refractivity contribution is 8.26. The molecular weight excluding hydrogens is 534 g/mol. The van der Waals surface area contributed by atoms with Crippen molar-refractivity contribution in [3.8, 4) is 11.5 Å². The smallest absolute Gasteiger partial charge is 0.266 e. The minimum atomic E-state index is -0.119. The fraction of sp³-hybridized carbons (Fsp3) is 0.290. The standard InChI is InChI=1S/C31H32ClNO3S2/c1-2-3-4-6-9-23-12-15-27(16-13-23)35-18-19-36-28-17-14-26(32)20-25(28)21-29-30(34)33(31(37)38-29)22-24-10-7-5-8-11-24/h5,7-8,10-17,20-21H,2-4,6,9,18-19,22H2,1H3. The quantitative estimate of drug-likeness (QED) is 0.118. The van der Waals surface area contributed by atoms with Gasteiger partial charge >= 0.3 is 0 Å². The molecule has 0 saturated carbocycles. The van der Waals surface area contributed by atoms with E-state index in [9.17, 15) is 4.79 Å². The third-order valence-electron chi connectivity index (χ3n) is 6.17. The van der Waals surface area contributed by atoms with Gasteiger partial charge < -0.3 is 9.47 Å². The number of thiocarbonyl (C=S) groups is 1. The van der Waals surface area contributed by atoms with Crippen molar-refractivity contribution in [1.82, 2.24) is 4.90 Å². The van der Waals surface area contributed by atoms with Crippen molar-refractivity contribution >= 4 is 51.9 Å². The van der Waals surface area contributed by atoms with Gasteiger partial charge in [-0.3, -0.25) is 9.69 Å². The molecule has 1 amide bonds. The lowest BCUT2D eigenvalue weighted by atomic mass is 10.1. The highest BCUT2D eigenvalue weighted by Crippen LogP contribution is 2.36. The number of ether oxygens (including phenoxy) is 2. The summed E-state index contributed by atoms with van der Waals surface area (Å²) in [6.45, 7) is 3.43. The number of hydrogen-bond donors (Lipinski definition) is 0. The van der Waals surface area contributed by atoms with Gasteiger partial charge in [-0.25, -0.2) is 0 Å².